The number of rotatable bonds is 12. The predicted molar refractivity (Wildman–Crippen MR) is 123 cm³/mol. The maximum atomic E-state index is 12.2. The molecule has 0 atom stereocenters. The van der Waals surface area contributed by atoms with Crippen molar-refractivity contribution in [3.63, 3.8) is 0 Å². The molecule has 0 bridgehead atoms. The van der Waals surface area contributed by atoms with E-state index in [4.69, 9.17) is 5.11 Å². The number of carbonyl (C=O) groups is 2. The third kappa shape index (κ3) is 6.53. The van der Waals surface area contributed by atoms with Gasteiger partial charge in [-0.05, 0) is 38.3 Å². The molecule has 0 aromatic carbocycles. The Hall–Kier alpha value is -3.43. The lowest BCUT2D eigenvalue weighted by atomic mass is 9.89. The Bertz CT molecular complexity index is 1090. The van der Waals surface area contributed by atoms with Crippen LogP contribution in [0, 0.1) is 6.92 Å². The minimum atomic E-state index is -0.917. The first kappa shape index (κ1) is 24.2. The molecule has 1 amide bonds. The molecule has 0 spiro atoms. The molecule has 0 saturated carbocycles. The SMILES string of the molecule is Cc1c(C(=O)O)ccn1CCn1cc(CCCCC(=O)NCC(C)(C)c2ccn(C)n2)nn1. The summed E-state index contributed by atoms with van der Waals surface area (Å²) in [5.41, 5.74) is 2.68. The summed E-state index contributed by atoms with van der Waals surface area (Å²) < 4.78 is 5.44. The fourth-order valence-electron chi connectivity index (χ4n) is 3.66. The lowest BCUT2D eigenvalue weighted by molar-refractivity contribution is -0.121. The number of nitrogens with zero attached hydrogens (tertiary/aromatic N) is 6. The van der Waals surface area contributed by atoms with Crippen LogP contribution in [0.25, 0.3) is 0 Å². The Balaban J connectivity index is 1.35. The second-order valence-electron chi connectivity index (χ2n) is 9.03. The van der Waals surface area contributed by atoms with Crippen molar-refractivity contribution < 1.29 is 14.7 Å². The third-order valence-corrected chi connectivity index (χ3v) is 5.85. The molecule has 0 aliphatic rings. The van der Waals surface area contributed by atoms with Crippen molar-refractivity contribution in [2.24, 2.45) is 7.05 Å². The highest BCUT2D eigenvalue weighted by Crippen LogP contribution is 2.20. The molecule has 10 heteroatoms. The molecule has 10 nitrogen and oxygen atoms in total. The lowest BCUT2D eigenvalue weighted by Gasteiger charge is -2.22. The summed E-state index contributed by atoms with van der Waals surface area (Å²) in [6.45, 7) is 7.72. The van der Waals surface area contributed by atoms with E-state index in [1.165, 1.54) is 0 Å². The number of carboxylic acids is 1. The van der Waals surface area contributed by atoms with Crippen molar-refractivity contribution in [1.29, 1.82) is 0 Å². The van der Waals surface area contributed by atoms with Crippen LogP contribution in [-0.4, -0.2) is 52.9 Å². The number of aromatic carboxylic acids is 1. The van der Waals surface area contributed by atoms with Gasteiger partial charge in [0, 0.05) is 56.3 Å². The van der Waals surface area contributed by atoms with Gasteiger partial charge >= 0.3 is 5.97 Å². The summed E-state index contributed by atoms with van der Waals surface area (Å²) in [5.74, 6) is -0.870. The Morgan fingerprint density at radius 2 is 1.94 bits per heavy atom. The van der Waals surface area contributed by atoms with Crippen molar-refractivity contribution in [3.8, 4) is 0 Å². The van der Waals surface area contributed by atoms with Crippen LogP contribution in [0.2, 0.25) is 0 Å². The molecule has 178 valence electrons. The monoisotopic (exact) mass is 455 g/mol. The smallest absolute Gasteiger partial charge is 0.337 e. The Kier molecular flexibility index (Phi) is 7.67. The van der Waals surface area contributed by atoms with E-state index in [0.717, 1.165) is 36.3 Å². The van der Waals surface area contributed by atoms with Gasteiger partial charge in [-0.25, -0.2) is 4.79 Å². The average Bonchev–Trinajstić information content (AvgIpc) is 3.49. The molecule has 0 aliphatic heterocycles. The number of aryl methyl sites for hydroxylation is 4. The Labute approximate surface area is 193 Å². The van der Waals surface area contributed by atoms with E-state index in [1.54, 1.807) is 28.6 Å². The van der Waals surface area contributed by atoms with Gasteiger partial charge in [0.1, 0.15) is 0 Å². The van der Waals surface area contributed by atoms with Crippen LogP contribution in [0.4, 0.5) is 0 Å². The van der Waals surface area contributed by atoms with E-state index < -0.39 is 5.97 Å². The van der Waals surface area contributed by atoms with Crippen molar-refractivity contribution in [3.05, 3.63) is 53.4 Å². The normalized spacial score (nSPS) is 11.6. The molecular weight excluding hydrogens is 422 g/mol. The molecule has 3 aromatic rings. The highest BCUT2D eigenvalue weighted by Gasteiger charge is 2.23. The molecule has 3 rings (SSSR count). The molecule has 0 saturated heterocycles. The summed E-state index contributed by atoms with van der Waals surface area (Å²) in [5, 5.41) is 25.0. The average molecular weight is 456 g/mol. The van der Waals surface area contributed by atoms with E-state index in [2.05, 4.69) is 34.6 Å². The van der Waals surface area contributed by atoms with E-state index >= 15 is 0 Å². The predicted octanol–water partition coefficient (Wildman–Crippen LogP) is 2.33. The molecule has 2 N–H and O–H groups in total. The van der Waals surface area contributed by atoms with Crippen molar-refractivity contribution in [1.82, 2.24) is 34.7 Å². The minimum Gasteiger partial charge on any atom is -0.478 e. The largest absolute Gasteiger partial charge is 0.478 e. The number of unbranched alkanes of at least 4 members (excludes halogenated alkanes) is 1. The highest BCUT2D eigenvalue weighted by molar-refractivity contribution is 5.88. The summed E-state index contributed by atoms with van der Waals surface area (Å²) in [7, 11) is 1.89. The van der Waals surface area contributed by atoms with Gasteiger partial charge in [0.2, 0.25) is 5.91 Å². The van der Waals surface area contributed by atoms with Crippen LogP contribution in [-0.2, 0) is 36.8 Å². The maximum absolute atomic E-state index is 12.2. The first-order valence-corrected chi connectivity index (χ1v) is 11.2. The van der Waals surface area contributed by atoms with Crippen LogP contribution in [0.5, 0.6) is 0 Å². The molecule has 0 radical (unpaired) electrons. The first-order chi connectivity index (χ1) is 15.7. The summed E-state index contributed by atoms with van der Waals surface area (Å²) in [6, 6.07) is 3.59. The Morgan fingerprint density at radius 3 is 2.61 bits per heavy atom. The molecule has 3 heterocycles. The van der Waals surface area contributed by atoms with Gasteiger partial charge in [-0.15, -0.1) is 5.10 Å². The summed E-state index contributed by atoms with van der Waals surface area (Å²) in [6.07, 6.45) is 8.47. The summed E-state index contributed by atoms with van der Waals surface area (Å²) in [4.78, 5) is 23.4. The number of nitrogens with one attached hydrogen (secondary N) is 1. The number of carbonyl (C=O) groups excluding carboxylic acids is 1. The third-order valence-electron chi connectivity index (χ3n) is 5.85. The van der Waals surface area contributed by atoms with Gasteiger partial charge in [0.05, 0.1) is 23.5 Å². The second kappa shape index (κ2) is 10.5. The second-order valence-corrected chi connectivity index (χ2v) is 9.03. The molecular formula is C23H33N7O3. The van der Waals surface area contributed by atoms with Crippen LogP contribution >= 0.6 is 0 Å². The fraction of sp³-hybridized carbons (Fsp3) is 0.522. The van der Waals surface area contributed by atoms with Crippen LogP contribution in [0.3, 0.4) is 0 Å². The van der Waals surface area contributed by atoms with Crippen LogP contribution in [0.1, 0.15) is 60.5 Å². The minimum absolute atomic E-state index is 0.0467. The van der Waals surface area contributed by atoms with Crippen LogP contribution < -0.4 is 5.32 Å². The Morgan fingerprint density at radius 1 is 1.15 bits per heavy atom. The van der Waals surface area contributed by atoms with Gasteiger partial charge in [-0.3, -0.25) is 14.2 Å². The number of amides is 1. The topological polar surface area (TPSA) is 120 Å². The molecule has 0 unspecified atom stereocenters. The van der Waals surface area contributed by atoms with Gasteiger partial charge in [-0.2, -0.15) is 5.10 Å². The molecule has 3 aromatic heterocycles. The molecule has 33 heavy (non-hydrogen) atoms. The van der Waals surface area contributed by atoms with Crippen molar-refractivity contribution >= 4 is 11.9 Å². The van der Waals surface area contributed by atoms with Gasteiger partial charge < -0.3 is 15.0 Å². The van der Waals surface area contributed by atoms with E-state index in [-0.39, 0.29) is 11.3 Å². The molecule has 0 fully saturated rings. The number of hydrogen-bond acceptors (Lipinski definition) is 5. The number of aromatic nitrogens is 6. The van der Waals surface area contributed by atoms with Crippen LogP contribution in [0.15, 0.2) is 30.7 Å². The van der Waals surface area contributed by atoms with E-state index in [0.29, 0.717) is 31.6 Å². The molecule has 0 aliphatic carbocycles. The van der Waals surface area contributed by atoms with Gasteiger partial charge in [0.25, 0.3) is 0 Å². The zero-order valence-electron chi connectivity index (χ0n) is 19.8. The van der Waals surface area contributed by atoms with Gasteiger partial charge in [-0.1, -0.05) is 19.1 Å². The number of carboxylic acid groups (broad SMARTS) is 1. The van der Waals surface area contributed by atoms with E-state index in [1.807, 2.05) is 30.1 Å². The standard InChI is InChI=1S/C23H33N7O3/c1-17-19(22(32)33)9-12-29(17)13-14-30-15-18(25-27-30)7-5-6-8-21(31)24-16-23(2,3)20-10-11-28(4)26-20/h9-12,15H,5-8,13-14,16H2,1-4H3,(H,24,31)(H,32,33). The lowest BCUT2D eigenvalue weighted by Crippen LogP contribution is -2.37. The van der Waals surface area contributed by atoms with E-state index in [9.17, 15) is 9.59 Å². The van der Waals surface area contributed by atoms with Gasteiger partial charge in [0.15, 0.2) is 0 Å². The summed E-state index contributed by atoms with van der Waals surface area (Å²) >= 11 is 0. The first-order valence-electron chi connectivity index (χ1n) is 11.2. The fourth-order valence-corrected chi connectivity index (χ4v) is 3.66. The van der Waals surface area contributed by atoms with Crippen molar-refractivity contribution in [2.45, 2.75) is 65.0 Å². The zero-order chi connectivity index (χ0) is 24.0. The number of hydrogen-bond donors (Lipinski definition) is 2. The quantitative estimate of drug-likeness (QED) is 0.405. The highest BCUT2D eigenvalue weighted by atomic mass is 16.4. The maximum Gasteiger partial charge on any atom is 0.337 e. The van der Waals surface area contributed by atoms with Crippen molar-refractivity contribution in [2.75, 3.05) is 6.54 Å². The zero-order valence-corrected chi connectivity index (χ0v) is 19.8.